The van der Waals surface area contributed by atoms with Crippen molar-refractivity contribution in [3.8, 4) is 0 Å². The molecular weight excluding hydrogens is 242 g/mol. The van der Waals surface area contributed by atoms with E-state index >= 15 is 0 Å². The molecule has 1 atom stereocenters. The van der Waals surface area contributed by atoms with Crippen LogP contribution < -0.4 is 5.32 Å². The number of carboxylic acids is 1. The first-order valence-electron chi connectivity index (χ1n) is 6.38. The molecule has 0 fully saturated rings. The minimum Gasteiger partial charge on any atom is -0.481 e. The molecule has 0 radical (unpaired) electrons. The number of carboxylic acid groups (broad SMARTS) is 1. The summed E-state index contributed by atoms with van der Waals surface area (Å²) in [6, 6.07) is 9.78. The van der Waals surface area contributed by atoms with Crippen LogP contribution in [-0.4, -0.2) is 23.5 Å². The number of nitrogens with one attached hydrogen (secondary N) is 1. The van der Waals surface area contributed by atoms with E-state index in [0.717, 1.165) is 5.56 Å². The van der Waals surface area contributed by atoms with E-state index in [4.69, 9.17) is 5.11 Å². The lowest BCUT2D eigenvalue weighted by molar-refractivity contribution is -0.141. The molecular formula is C15H21NO3. The highest BCUT2D eigenvalue weighted by atomic mass is 16.4. The number of hydrogen-bond donors (Lipinski definition) is 2. The molecule has 0 saturated heterocycles. The van der Waals surface area contributed by atoms with Gasteiger partial charge in [0.25, 0.3) is 0 Å². The maximum Gasteiger partial charge on any atom is 0.308 e. The number of benzene rings is 1. The van der Waals surface area contributed by atoms with Crippen LogP contribution in [0.5, 0.6) is 0 Å². The van der Waals surface area contributed by atoms with Crippen LogP contribution in [0.15, 0.2) is 30.3 Å². The van der Waals surface area contributed by atoms with E-state index in [2.05, 4.69) is 5.32 Å². The van der Waals surface area contributed by atoms with E-state index in [9.17, 15) is 9.59 Å². The molecule has 19 heavy (non-hydrogen) atoms. The van der Waals surface area contributed by atoms with Gasteiger partial charge in [-0.2, -0.15) is 0 Å². The maximum absolute atomic E-state index is 12.1. The molecule has 1 aromatic carbocycles. The summed E-state index contributed by atoms with van der Waals surface area (Å²) in [5.74, 6) is -1.60. The second-order valence-corrected chi connectivity index (χ2v) is 5.50. The first kappa shape index (κ1) is 15.2. The van der Waals surface area contributed by atoms with Crippen molar-refractivity contribution in [2.24, 2.45) is 11.3 Å². The molecule has 0 saturated carbocycles. The quantitative estimate of drug-likeness (QED) is 0.826. The Kier molecular flexibility index (Phi) is 5.10. The minimum absolute atomic E-state index is 0.121. The van der Waals surface area contributed by atoms with Crippen molar-refractivity contribution in [1.82, 2.24) is 5.32 Å². The van der Waals surface area contributed by atoms with E-state index < -0.39 is 17.3 Å². The number of carbonyl (C=O) groups is 2. The zero-order valence-electron chi connectivity index (χ0n) is 11.6. The Balaban J connectivity index is 2.57. The van der Waals surface area contributed by atoms with Gasteiger partial charge in [-0.1, -0.05) is 51.1 Å². The topological polar surface area (TPSA) is 66.4 Å². The zero-order valence-corrected chi connectivity index (χ0v) is 11.6. The Morgan fingerprint density at radius 3 is 2.37 bits per heavy atom. The van der Waals surface area contributed by atoms with Gasteiger partial charge in [0.05, 0.1) is 5.92 Å². The molecule has 1 unspecified atom stereocenters. The van der Waals surface area contributed by atoms with E-state index in [1.165, 1.54) is 0 Å². The van der Waals surface area contributed by atoms with Gasteiger partial charge in [-0.25, -0.2) is 0 Å². The Labute approximate surface area is 113 Å². The third kappa shape index (κ3) is 4.73. The van der Waals surface area contributed by atoms with Crippen molar-refractivity contribution in [1.29, 1.82) is 0 Å². The van der Waals surface area contributed by atoms with Crippen LogP contribution in [0.2, 0.25) is 0 Å². The van der Waals surface area contributed by atoms with Gasteiger partial charge in [0.15, 0.2) is 0 Å². The fourth-order valence-electron chi connectivity index (χ4n) is 1.76. The number of aliphatic carboxylic acids is 1. The summed E-state index contributed by atoms with van der Waals surface area (Å²) in [4.78, 5) is 22.8. The predicted molar refractivity (Wildman–Crippen MR) is 73.7 cm³/mol. The summed E-state index contributed by atoms with van der Waals surface area (Å²) in [6.07, 6.45) is 0.626. The lowest BCUT2D eigenvalue weighted by Gasteiger charge is -2.24. The summed E-state index contributed by atoms with van der Waals surface area (Å²) in [5, 5.41) is 11.5. The van der Waals surface area contributed by atoms with Gasteiger partial charge in [0.1, 0.15) is 0 Å². The van der Waals surface area contributed by atoms with Crippen molar-refractivity contribution in [2.75, 3.05) is 6.54 Å². The Morgan fingerprint density at radius 2 is 1.84 bits per heavy atom. The molecule has 0 bridgehead atoms. The number of amides is 1. The normalized spacial score (nSPS) is 12.8. The molecule has 1 amide bonds. The Bertz CT molecular complexity index is 440. The summed E-state index contributed by atoms with van der Waals surface area (Å²) in [6.45, 7) is 5.46. The van der Waals surface area contributed by atoms with Gasteiger partial charge in [-0.15, -0.1) is 0 Å². The van der Waals surface area contributed by atoms with Crippen molar-refractivity contribution < 1.29 is 14.7 Å². The second kappa shape index (κ2) is 6.36. The van der Waals surface area contributed by atoms with Crippen molar-refractivity contribution in [3.05, 3.63) is 35.9 Å². The van der Waals surface area contributed by atoms with Crippen LogP contribution in [0.1, 0.15) is 26.3 Å². The lowest BCUT2D eigenvalue weighted by atomic mass is 9.84. The third-order valence-electron chi connectivity index (χ3n) is 3.09. The third-order valence-corrected chi connectivity index (χ3v) is 3.09. The van der Waals surface area contributed by atoms with E-state index in [0.29, 0.717) is 6.42 Å². The van der Waals surface area contributed by atoms with Gasteiger partial charge < -0.3 is 10.4 Å². The molecule has 2 N–H and O–H groups in total. The van der Waals surface area contributed by atoms with Crippen LogP contribution in [0.25, 0.3) is 0 Å². The highest BCUT2D eigenvalue weighted by Gasteiger charge is 2.28. The van der Waals surface area contributed by atoms with E-state index in [-0.39, 0.29) is 12.5 Å². The molecule has 4 nitrogen and oxygen atoms in total. The van der Waals surface area contributed by atoms with Crippen LogP contribution >= 0.6 is 0 Å². The molecule has 0 aliphatic heterocycles. The Hall–Kier alpha value is -1.84. The number of hydrogen-bond acceptors (Lipinski definition) is 2. The molecule has 0 aliphatic carbocycles. The summed E-state index contributed by atoms with van der Waals surface area (Å²) in [7, 11) is 0. The zero-order chi connectivity index (χ0) is 14.5. The summed E-state index contributed by atoms with van der Waals surface area (Å²) in [5.41, 5.74) is 0.536. The fourth-order valence-corrected chi connectivity index (χ4v) is 1.76. The average molecular weight is 263 g/mol. The molecule has 1 aromatic rings. The second-order valence-electron chi connectivity index (χ2n) is 5.50. The molecule has 0 aliphatic rings. The fraction of sp³-hybridized carbons (Fsp3) is 0.467. The van der Waals surface area contributed by atoms with Crippen LogP contribution in [-0.2, 0) is 16.0 Å². The first-order chi connectivity index (χ1) is 8.83. The molecule has 4 heteroatoms. The van der Waals surface area contributed by atoms with Gasteiger partial charge in [-0.3, -0.25) is 9.59 Å². The van der Waals surface area contributed by atoms with E-state index in [1.54, 1.807) is 6.92 Å². The van der Waals surface area contributed by atoms with Crippen LogP contribution in [0, 0.1) is 11.3 Å². The highest BCUT2D eigenvalue weighted by molar-refractivity contribution is 5.82. The van der Waals surface area contributed by atoms with E-state index in [1.807, 2.05) is 44.2 Å². The summed E-state index contributed by atoms with van der Waals surface area (Å²) >= 11 is 0. The summed E-state index contributed by atoms with van der Waals surface area (Å²) < 4.78 is 0. The SMILES string of the molecule is CC(CNC(=O)C(C)(C)Cc1ccccc1)C(=O)O. The molecule has 1 rings (SSSR count). The maximum atomic E-state index is 12.1. The van der Waals surface area contributed by atoms with Crippen molar-refractivity contribution >= 4 is 11.9 Å². The first-order valence-corrected chi connectivity index (χ1v) is 6.38. The van der Waals surface area contributed by atoms with Gasteiger partial charge in [0, 0.05) is 12.0 Å². The monoisotopic (exact) mass is 263 g/mol. The Morgan fingerprint density at radius 1 is 1.26 bits per heavy atom. The predicted octanol–water partition coefficient (Wildman–Crippen LogP) is 2.09. The smallest absolute Gasteiger partial charge is 0.308 e. The molecule has 0 aromatic heterocycles. The van der Waals surface area contributed by atoms with Crippen LogP contribution in [0.4, 0.5) is 0 Å². The number of rotatable bonds is 6. The largest absolute Gasteiger partial charge is 0.481 e. The van der Waals surface area contributed by atoms with Crippen molar-refractivity contribution in [2.45, 2.75) is 27.2 Å². The molecule has 104 valence electrons. The minimum atomic E-state index is -0.902. The van der Waals surface area contributed by atoms with Gasteiger partial charge in [-0.05, 0) is 12.0 Å². The lowest BCUT2D eigenvalue weighted by Crippen LogP contribution is -2.41. The van der Waals surface area contributed by atoms with Crippen molar-refractivity contribution in [3.63, 3.8) is 0 Å². The highest BCUT2D eigenvalue weighted by Crippen LogP contribution is 2.22. The number of carbonyl (C=O) groups excluding carboxylic acids is 1. The molecule has 0 heterocycles. The van der Waals surface area contributed by atoms with Gasteiger partial charge in [0.2, 0.25) is 5.91 Å². The van der Waals surface area contributed by atoms with Crippen LogP contribution in [0.3, 0.4) is 0 Å². The molecule has 0 spiro atoms. The average Bonchev–Trinajstić information content (AvgIpc) is 2.35. The standard InChI is InChI=1S/C15H21NO3/c1-11(13(17)18)10-16-14(19)15(2,3)9-12-7-5-4-6-8-12/h4-8,11H,9-10H2,1-3H3,(H,16,19)(H,17,18). The van der Waals surface area contributed by atoms with Gasteiger partial charge >= 0.3 is 5.97 Å².